The molecule has 1 aliphatic carbocycles. The van der Waals surface area contributed by atoms with Crippen molar-refractivity contribution in [2.75, 3.05) is 0 Å². The molecule has 1 unspecified atom stereocenters. The topological polar surface area (TPSA) is 43.4 Å². The Morgan fingerprint density at radius 1 is 1.25 bits per heavy atom. The lowest BCUT2D eigenvalue weighted by Gasteiger charge is -2.14. The molecule has 1 saturated carbocycles. The largest absolute Gasteiger partial charge is 0.460 e. The van der Waals surface area contributed by atoms with Crippen LogP contribution >= 0.6 is 0 Å². The van der Waals surface area contributed by atoms with Crippen molar-refractivity contribution < 1.29 is 14.3 Å². The smallest absolute Gasteiger partial charge is 0.306 e. The van der Waals surface area contributed by atoms with Crippen LogP contribution in [-0.2, 0) is 14.3 Å². The monoisotopic (exact) mass is 226 g/mol. The molecule has 0 aromatic heterocycles. The molecular weight excluding hydrogens is 204 g/mol. The fourth-order valence-corrected chi connectivity index (χ4v) is 2.05. The van der Waals surface area contributed by atoms with Crippen molar-refractivity contribution >= 4 is 11.8 Å². The van der Waals surface area contributed by atoms with E-state index >= 15 is 0 Å². The molecule has 16 heavy (non-hydrogen) atoms. The van der Waals surface area contributed by atoms with Gasteiger partial charge in [0.25, 0.3) is 0 Å². The number of ether oxygens (including phenoxy) is 1. The highest BCUT2D eigenvalue weighted by Gasteiger charge is 2.30. The molecule has 92 valence electrons. The molecule has 3 heteroatoms. The van der Waals surface area contributed by atoms with E-state index in [9.17, 15) is 9.59 Å². The standard InChI is InChI=1S/C7H12O.C6H10O2/c1-6-3-2-4-7(8)5-6;1-6(2)4-3-5(7)8-6/h6H,2-5H2,1H3;3-4H2,1-2H3. The zero-order chi connectivity index (χ0) is 12.2. The lowest BCUT2D eigenvalue weighted by molar-refractivity contribution is -0.145. The Kier molecular flexibility index (Phi) is 4.51. The Bertz CT molecular complexity index is 266. The summed E-state index contributed by atoms with van der Waals surface area (Å²) in [4.78, 5) is 21.1. The third kappa shape index (κ3) is 4.77. The number of Topliss-reactive ketones (excluding diaryl/α,β-unsaturated/α-hetero) is 1. The minimum absolute atomic E-state index is 0.0602. The van der Waals surface area contributed by atoms with E-state index in [1.807, 2.05) is 13.8 Å². The molecule has 0 N–H and O–H groups in total. The second-order valence-electron chi connectivity index (χ2n) is 5.47. The van der Waals surface area contributed by atoms with Gasteiger partial charge in [0.1, 0.15) is 11.4 Å². The molecule has 0 aromatic carbocycles. The van der Waals surface area contributed by atoms with Crippen molar-refractivity contribution in [3.8, 4) is 0 Å². The van der Waals surface area contributed by atoms with Crippen LogP contribution < -0.4 is 0 Å². The second kappa shape index (κ2) is 5.46. The Morgan fingerprint density at radius 3 is 2.19 bits per heavy atom. The lowest BCUT2D eigenvalue weighted by atomic mass is 9.90. The Balaban J connectivity index is 0.000000160. The van der Waals surface area contributed by atoms with E-state index < -0.39 is 0 Å². The summed E-state index contributed by atoms with van der Waals surface area (Å²) < 4.78 is 4.91. The predicted molar refractivity (Wildman–Crippen MR) is 62.0 cm³/mol. The van der Waals surface area contributed by atoms with Gasteiger partial charge >= 0.3 is 5.97 Å². The van der Waals surface area contributed by atoms with Gasteiger partial charge in [-0.05, 0) is 39.0 Å². The minimum atomic E-state index is -0.183. The van der Waals surface area contributed by atoms with E-state index in [4.69, 9.17) is 4.74 Å². The molecule has 0 amide bonds. The van der Waals surface area contributed by atoms with Crippen molar-refractivity contribution in [1.82, 2.24) is 0 Å². The summed E-state index contributed by atoms with van der Waals surface area (Å²) in [5, 5.41) is 0. The van der Waals surface area contributed by atoms with Crippen LogP contribution in [0.1, 0.15) is 59.3 Å². The Morgan fingerprint density at radius 2 is 1.94 bits per heavy atom. The van der Waals surface area contributed by atoms with Gasteiger partial charge in [-0.3, -0.25) is 9.59 Å². The van der Waals surface area contributed by atoms with Gasteiger partial charge in [-0.25, -0.2) is 0 Å². The second-order valence-corrected chi connectivity index (χ2v) is 5.47. The SMILES string of the molecule is CC1(C)CCC(=O)O1.CC1CCCC(=O)C1. The molecule has 0 bridgehead atoms. The van der Waals surface area contributed by atoms with Gasteiger partial charge in [0.15, 0.2) is 0 Å². The van der Waals surface area contributed by atoms with E-state index in [2.05, 4.69) is 6.92 Å². The number of hydrogen-bond acceptors (Lipinski definition) is 3. The van der Waals surface area contributed by atoms with E-state index in [0.29, 0.717) is 18.1 Å². The number of esters is 1. The van der Waals surface area contributed by atoms with Gasteiger partial charge in [-0.1, -0.05) is 6.92 Å². The first kappa shape index (κ1) is 13.2. The molecule has 0 spiro atoms. The zero-order valence-corrected chi connectivity index (χ0v) is 10.5. The summed E-state index contributed by atoms with van der Waals surface area (Å²) in [6.45, 7) is 6.01. The van der Waals surface area contributed by atoms with E-state index in [-0.39, 0.29) is 11.6 Å². The number of rotatable bonds is 0. The first-order valence-electron chi connectivity index (χ1n) is 6.12. The van der Waals surface area contributed by atoms with Gasteiger partial charge in [-0.15, -0.1) is 0 Å². The quantitative estimate of drug-likeness (QED) is 0.596. The number of carbonyl (C=O) groups excluding carboxylic acids is 2. The van der Waals surface area contributed by atoms with Gasteiger partial charge < -0.3 is 4.74 Å². The van der Waals surface area contributed by atoms with Crippen LogP contribution in [0.15, 0.2) is 0 Å². The number of ketones is 1. The highest BCUT2D eigenvalue weighted by Crippen LogP contribution is 2.24. The van der Waals surface area contributed by atoms with Gasteiger partial charge in [0.05, 0.1) is 0 Å². The number of hydrogen-bond donors (Lipinski definition) is 0. The first-order valence-corrected chi connectivity index (χ1v) is 6.12. The molecule has 3 nitrogen and oxygen atoms in total. The van der Waals surface area contributed by atoms with Crippen LogP contribution in [0.25, 0.3) is 0 Å². The zero-order valence-electron chi connectivity index (χ0n) is 10.5. The van der Waals surface area contributed by atoms with Gasteiger partial charge in [-0.2, -0.15) is 0 Å². The molecule has 1 saturated heterocycles. The molecule has 1 atom stereocenters. The summed E-state index contributed by atoms with van der Waals surface area (Å²) >= 11 is 0. The molecule has 1 heterocycles. The molecule has 2 aliphatic rings. The van der Waals surface area contributed by atoms with Gasteiger partial charge in [0, 0.05) is 19.3 Å². The highest BCUT2D eigenvalue weighted by atomic mass is 16.6. The molecule has 2 fully saturated rings. The third-order valence-electron chi connectivity index (χ3n) is 3.05. The van der Waals surface area contributed by atoms with Crippen LogP contribution in [0.3, 0.4) is 0 Å². The highest BCUT2D eigenvalue weighted by molar-refractivity contribution is 5.79. The third-order valence-corrected chi connectivity index (χ3v) is 3.05. The van der Waals surface area contributed by atoms with Crippen LogP contribution in [0.5, 0.6) is 0 Å². The van der Waals surface area contributed by atoms with E-state index in [1.54, 1.807) is 0 Å². The summed E-state index contributed by atoms with van der Waals surface area (Å²) in [7, 11) is 0. The van der Waals surface area contributed by atoms with Crippen LogP contribution in [0.4, 0.5) is 0 Å². The normalized spacial score (nSPS) is 28.1. The average molecular weight is 226 g/mol. The minimum Gasteiger partial charge on any atom is -0.460 e. The maximum absolute atomic E-state index is 10.7. The predicted octanol–water partition coefficient (Wildman–Crippen LogP) is 2.87. The summed E-state index contributed by atoms with van der Waals surface area (Å²) in [6.07, 6.45) is 5.51. The van der Waals surface area contributed by atoms with Crippen LogP contribution in [-0.4, -0.2) is 17.4 Å². The number of carbonyl (C=O) groups is 2. The molecule has 2 rings (SSSR count). The van der Waals surface area contributed by atoms with Crippen LogP contribution in [0.2, 0.25) is 0 Å². The van der Waals surface area contributed by atoms with Crippen molar-refractivity contribution in [2.45, 2.75) is 64.9 Å². The molecule has 0 aromatic rings. The fourth-order valence-electron chi connectivity index (χ4n) is 2.05. The average Bonchev–Trinajstić information content (AvgIpc) is 2.44. The summed E-state index contributed by atoms with van der Waals surface area (Å²) in [5.41, 5.74) is -0.183. The molecular formula is C13H22O3. The molecule has 0 radical (unpaired) electrons. The lowest BCUT2D eigenvalue weighted by Crippen LogP contribution is -2.17. The summed E-state index contributed by atoms with van der Waals surface area (Å²) in [5.74, 6) is 1.06. The van der Waals surface area contributed by atoms with Gasteiger partial charge in [0.2, 0.25) is 0 Å². The fraction of sp³-hybridized carbons (Fsp3) is 0.846. The van der Waals surface area contributed by atoms with Crippen molar-refractivity contribution in [3.05, 3.63) is 0 Å². The first-order chi connectivity index (χ1) is 7.39. The Hall–Kier alpha value is -0.860. The number of cyclic esters (lactones) is 1. The van der Waals surface area contributed by atoms with Crippen molar-refractivity contribution in [1.29, 1.82) is 0 Å². The van der Waals surface area contributed by atoms with Crippen LogP contribution in [0, 0.1) is 5.92 Å². The van der Waals surface area contributed by atoms with E-state index in [1.165, 1.54) is 6.42 Å². The maximum atomic E-state index is 10.7. The molecule has 1 aliphatic heterocycles. The maximum Gasteiger partial charge on any atom is 0.306 e. The van der Waals surface area contributed by atoms with Crippen molar-refractivity contribution in [2.24, 2.45) is 5.92 Å². The van der Waals surface area contributed by atoms with Crippen molar-refractivity contribution in [3.63, 3.8) is 0 Å². The Labute approximate surface area is 97.5 Å². The summed E-state index contributed by atoms with van der Waals surface area (Å²) in [6, 6.07) is 0. The van der Waals surface area contributed by atoms with E-state index in [0.717, 1.165) is 25.7 Å².